The van der Waals surface area contributed by atoms with Crippen LogP contribution in [0.25, 0.3) is 6.08 Å². The maximum Gasteiger partial charge on any atom is 0.418 e. The molecule has 0 bridgehead atoms. The molecule has 2 aromatic rings. The predicted molar refractivity (Wildman–Crippen MR) is 123 cm³/mol. The van der Waals surface area contributed by atoms with Crippen LogP contribution in [0.15, 0.2) is 41.9 Å². The van der Waals surface area contributed by atoms with Crippen molar-refractivity contribution in [2.24, 2.45) is 4.99 Å². The highest BCUT2D eigenvalue weighted by Crippen LogP contribution is 2.46. The number of hydrogen-bond donors (Lipinski definition) is 2. The molecule has 2 aromatic carbocycles. The zero-order valence-corrected chi connectivity index (χ0v) is 18.9. The summed E-state index contributed by atoms with van der Waals surface area (Å²) in [4.78, 5) is 4.20. The lowest BCUT2D eigenvalue weighted by atomic mass is 9.74. The second kappa shape index (κ2) is 9.17. The fraction of sp³-hybridized carbons (Fsp3) is 0.400. The van der Waals surface area contributed by atoms with Crippen LogP contribution in [0, 0.1) is 5.82 Å². The zero-order chi connectivity index (χ0) is 24.4. The van der Waals surface area contributed by atoms with Gasteiger partial charge < -0.3 is 15.2 Å². The van der Waals surface area contributed by atoms with E-state index < -0.39 is 36.0 Å². The van der Waals surface area contributed by atoms with Gasteiger partial charge in [-0.3, -0.25) is 4.99 Å². The lowest BCUT2D eigenvalue weighted by molar-refractivity contribution is -0.260. The number of rotatable bonds is 8. The van der Waals surface area contributed by atoms with Gasteiger partial charge in [-0.05, 0) is 43.0 Å². The number of nitrogens with one attached hydrogen (secondary N) is 1. The maximum absolute atomic E-state index is 14.2. The Bertz CT molecular complexity index is 1060. The van der Waals surface area contributed by atoms with E-state index in [1.165, 1.54) is 18.2 Å². The number of alkyl halides is 3. The van der Waals surface area contributed by atoms with Crippen molar-refractivity contribution in [3.8, 4) is 5.75 Å². The normalized spacial score (nSPS) is 15.8. The summed E-state index contributed by atoms with van der Waals surface area (Å²) in [5.74, 6) is -0.141. The zero-order valence-electron chi connectivity index (χ0n) is 18.9. The van der Waals surface area contributed by atoms with Gasteiger partial charge in [0.1, 0.15) is 11.6 Å². The van der Waals surface area contributed by atoms with E-state index in [0.717, 1.165) is 0 Å². The van der Waals surface area contributed by atoms with Crippen molar-refractivity contribution >= 4 is 23.7 Å². The molecule has 1 atom stereocenters. The summed E-state index contributed by atoms with van der Waals surface area (Å²) >= 11 is 0. The van der Waals surface area contributed by atoms with Crippen molar-refractivity contribution in [3.63, 3.8) is 0 Å². The third-order valence-corrected chi connectivity index (χ3v) is 5.87. The van der Waals surface area contributed by atoms with Gasteiger partial charge in [0, 0.05) is 35.0 Å². The molecule has 8 heteroatoms. The minimum Gasteiger partial charge on any atom is -0.493 e. The fourth-order valence-corrected chi connectivity index (χ4v) is 4.28. The Kier molecular flexibility index (Phi) is 6.88. The molecule has 0 amide bonds. The van der Waals surface area contributed by atoms with Crippen LogP contribution in [-0.2, 0) is 11.8 Å². The van der Waals surface area contributed by atoms with Gasteiger partial charge in [-0.25, -0.2) is 4.39 Å². The van der Waals surface area contributed by atoms with Crippen LogP contribution in [0.2, 0.25) is 0 Å². The summed E-state index contributed by atoms with van der Waals surface area (Å²) in [5, 5.41) is 13.6. The summed E-state index contributed by atoms with van der Waals surface area (Å²) < 4.78 is 62.2. The Morgan fingerprint density at radius 2 is 1.97 bits per heavy atom. The molecular weight excluding hydrogens is 436 g/mol. The Hall–Kier alpha value is -2.87. The molecule has 2 N–H and O–H groups in total. The first-order valence-corrected chi connectivity index (χ1v) is 10.6. The smallest absolute Gasteiger partial charge is 0.418 e. The Balaban J connectivity index is 1.94. The van der Waals surface area contributed by atoms with E-state index in [9.17, 15) is 22.7 Å². The molecular formula is C25H28F4N2O2. The number of ether oxygens (including phenoxy) is 1. The summed E-state index contributed by atoms with van der Waals surface area (Å²) in [7, 11) is 0. The van der Waals surface area contributed by atoms with E-state index in [2.05, 4.69) is 16.9 Å². The first-order valence-electron chi connectivity index (χ1n) is 10.6. The van der Waals surface area contributed by atoms with Crippen molar-refractivity contribution in [2.45, 2.75) is 50.8 Å². The number of fused-ring (bicyclic) bond motifs is 1. The fourth-order valence-electron chi connectivity index (χ4n) is 4.28. The van der Waals surface area contributed by atoms with Crippen molar-refractivity contribution in [1.29, 1.82) is 0 Å². The molecule has 3 rings (SSSR count). The number of aliphatic hydroxyl groups is 1. The molecule has 1 aliphatic heterocycles. The number of halogens is 4. The number of hydrogen-bond acceptors (Lipinski definition) is 4. The van der Waals surface area contributed by atoms with E-state index in [1.807, 2.05) is 0 Å². The third-order valence-electron chi connectivity index (χ3n) is 5.87. The maximum atomic E-state index is 14.2. The lowest BCUT2D eigenvalue weighted by Gasteiger charge is -2.38. The molecule has 4 nitrogen and oxygen atoms in total. The van der Waals surface area contributed by atoms with E-state index >= 15 is 0 Å². The third kappa shape index (κ3) is 5.05. The minimum atomic E-state index is -4.94. The van der Waals surface area contributed by atoms with Gasteiger partial charge >= 0.3 is 6.18 Å². The average molecular weight is 465 g/mol. The largest absolute Gasteiger partial charge is 0.493 e. The molecule has 0 saturated carbocycles. The van der Waals surface area contributed by atoms with E-state index in [4.69, 9.17) is 4.74 Å². The molecule has 1 aliphatic rings. The Morgan fingerprint density at radius 1 is 1.24 bits per heavy atom. The monoisotopic (exact) mass is 464 g/mol. The number of anilines is 1. The van der Waals surface area contributed by atoms with Crippen LogP contribution in [0.3, 0.4) is 0 Å². The molecule has 178 valence electrons. The van der Waals surface area contributed by atoms with Crippen LogP contribution >= 0.6 is 0 Å². The second-order valence-corrected chi connectivity index (χ2v) is 8.81. The van der Waals surface area contributed by atoms with Gasteiger partial charge in [-0.15, -0.1) is 0 Å². The Labute approximate surface area is 191 Å². The van der Waals surface area contributed by atoms with E-state index in [1.54, 1.807) is 45.2 Å². The quantitative estimate of drug-likeness (QED) is 0.361. The lowest BCUT2D eigenvalue weighted by Crippen LogP contribution is -2.53. The van der Waals surface area contributed by atoms with Crippen LogP contribution in [0.4, 0.5) is 28.9 Å². The first kappa shape index (κ1) is 24.8. The second-order valence-electron chi connectivity index (χ2n) is 8.81. The first-order chi connectivity index (χ1) is 15.4. The van der Waals surface area contributed by atoms with Crippen LogP contribution in [-0.4, -0.2) is 36.3 Å². The molecule has 0 aliphatic carbocycles. The van der Waals surface area contributed by atoms with Gasteiger partial charge in [0.2, 0.25) is 0 Å². The number of benzene rings is 2. The molecule has 0 spiro atoms. The highest BCUT2D eigenvalue weighted by atomic mass is 19.4. The van der Waals surface area contributed by atoms with E-state index in [0.29, 0.717) is 46.8 Å². The van der Waals surface area contributed by atoms with Crippen LogP contribution < -0.4 is 10.1 Å². The summed E-state index contributed by atoms with van der Waals surface area (Å²) in [6, 6.07) is 7.49. The average Bonchev–Trinajstić information content (AvgIpc) is 3.19. The summed E-state index contributed by atoms with van der Waals surface area (Å²) in [5.41, 5.74) is -1.98. The molecule has 1 unspecified atom stereocenters. The molecule has 0 saturated heterocycles. The molecule has 0 radical (unpaired) electrons. The van der Waals surface area contributed by atoms with E-state index in [-0.39, 0.29) is 0 Å². The van der Waals surface area contributed by atoms with Crippen molar-refractivity contribution < 1.29 is 27.4 Å². The van der Waals surface area contributed by atoms with Gasteiger partial charge in [-0.2, -0.15) is 13.2 Å². The number of aliphatic imine (C=N–C) groups is 1. The number of nitrogens with zero attached hydrogens (tertiary/aromatic N) is 1. The van der Waals surface area contributed by atoms with Gasteiger partial charge in [0.05, 0.1) is 18.8 Å². The van der Waals surface area contributed by atoms with Crippen molar-refractivity contribution in [2.75, 3.05) is 18.5 Å². The highest BCUT2D eigenvalue weighted by Gasteiger charge is 2.56. The molecule has 0 fully saturated rings. The Morgan fingerprint density at radius 3 is 2.61 bits per heavy atom. The van der Waals surface area contributed by atoms with Crippen LogP contribution in [0.1, 0.15) is 43.9 Å². The van der Waals surface area contributed by atoms with Gasteiger partial charge in [-0.1, -0.05) is 32.6 Å². The van der Waals surface area contributed by atoms with Crippen molar-refractivity contribution in [3.05, 3.63) is 59.4 Å². The topological polar surface area (TPSA) is 53.9 Å². The van der Waals surface area contributed by atoms with Gasteiger partial charge in [0.15, 0.2) is 5.60 Å². The standard InChI is InChI=1S/C25H28F4N2O2/c1-5-18-20(30-6-2)8-7-9-21(18)31-15-24(32,25(27,28)29)14-23(3,4)19-13-17(26)12-16-10-11-33-22(16)19/h5-9,12-13,31-32H,1,10-11,14-15H2,2-4H3. The molecule has 33 heavy (non-hydrogen) atoms. The molecule has 1 heterocycles. The minimum absolute atomic E-state index is 0.309. The van der Waals surface area contributed by atoms with Crippen LogP contribution in [0.5, 0.6) is 5.75 Å². The summed E-state index contributed by atoms with van der Waals surface area (Å²) in [6.45, 7) is 8.08. The summed E-state index contributed by atoms with van der Waals surface area (Å²) in [6.07, 6.45) is -2.09. The molecule has 0 aromatic heterocycles. The highest BCUT2D eigenvalue weighted by molar-refractivity contribution is 5.78. The SMILES string of the molecule is C=Cc1c(N=CC)cccc1NCC(O)(CC(C)(C)c1cc(F)cc2c1OCC2)C(F)(F)F. The predicted octanol–water partition coefficient (Wildman–Crippen LogP) is 6.20. The van der Waals surface area contributed by atoms with Gasteiger partial charge in [0.25, 0.3) is 0 Å². The van der Waals surface area contributed by atoms with Crippen molar-refractivity contribution in [1.82, 2.24) is 0 Å².